The molecule has 0 amide bonds. The molecular weight excluding hydrogens is 683 g/mol. The molecule has 5 heteroatoms. The Morgan fingerprint density at radius 1 is 0.500 bits per heavy atom. The van der Waals surface area contributed by atoms with Crippen LogP contribution in [0.15, 0.2) is 205 Å². The van der Waals surface area contributed by atoms with Gasteiger partial charge in [-0.25, -0.2) is 0 Å². The molecule has 0 spiro atoms. The molecule has 11 rings (SSSR count). The van der Waals surface area contributed by atoms with Crippen LogP contribution in [0.4, 0.5) is 0 Å². The Morgan fingerprint density at radius 2 is 1.02 bits per heavy atom. The molecule has 9 aromatic rings. The third-order valence-electron chi connectivity index (χ3n) is 11.2. The third kappa shape index (κ3) is 5.28. The van der Waals surface area contributed by atoms with Crippen LogP contribution in [-0.4, -0.2) is 14.8 Å². The summed E-state index contributed by atoms with van der Waals surface area (Å²) in [6, 6.07) is 61.1. The van der Waals surface area contributed by atoms with Gasteiger partial charge in [0.2, 0.25) is 0 Å². The van der Waals surface area contributed by atoms with Gasteiger partial charge in [0.05, 0.1) is 33.8 Å². The summed E-state index contributed by atoms with van der Waals surface area (Å²) in [5, 5.41) is 12.3. The lowest BCUT2D eigenvalue weighted by Crippen LogP contribution is -2.26. The summed E-state index contributed by atoms with van der Waals surface area (Å²) in [6.45, 7) is 0. The molecule has 2 aliphatic rings. The Morgan fingerprint density at radius 3 is 1.57 bits per heavy atom. The van der Waals surface area contributed by atoms with E-state index in [9.17, 15) is 0 Å². The highest BCUT2D eigenvalue weighted by Gasteiger charge is 2.24. The fraction of sp³-hybridized carbons (Fsp3) is 0.0392. The van der Waals surface area contributed by atoms with Gasteiger partial charge in [0.1, 0.15) is 6.17 Å². The predicted molar refractivity (Wildman–Crippen MR) is 233 cm³/mol. The van der Waals surface area contributed by atoms with E-state index in [2.05, 4.69) is 208 Å². The van der Waals surface area contributed by atoms with Gasteiger partial charge < -0.3 is 19.8 Å². The summed E-state index contributed by atoms with van der Waals surface area (Å²) >= 11 is 0. The number of aromatic nitrogens is 2. The highest BCUT2D eigenvalue weighted by atomic mass is 15.1. The zero-order valence-corrected chi connectivity index (χ0v) is 30.5. The smallest absolute Gasteiger partial charge is 0.145 e. The van der Waals surface area contributed by atoms with Gasteiger partial charge >= 0.3 is 0 Å². The highest BCUT2D eigenvalue weighted by molar-refractivity contribution is 6.15. The van der Waals surface area contributed by atoms with Gasteiger partial charge in [-0.2, -0.15) is 0 Å². The van der Waals surface area contributed by atoms with Crippen LogP contribution in [0.2, 0.25) is 0 Å². The predicted octanol–water partition coefficient (Wildman–Crippen LogP) is 11.7. The average molecular weight is 720 g/mol. The fourth-order valence-electron chi connectivity index (χ4n) is 8.70. The first-order chi connectivity index (χ1) is 27.8. The van der Waals surface area contributed by atoms with Gasteiger partial charge in [-0.15, -0.1) is 0 Å². The number of benzene rings is 7. The lowest BCUT2D eigenvalue weighted by molar-refractivity contribution is 0.661. The molecule has 266 valence electrons. The summed E-state index contributed by atoms with van der Waals surface area (Å²) in [6.07, 6.45) is 10.3. The number of aliphatic imine (C=N–C) groups is 1. The second-order valence-electron chi connectivity index (χ2n) is 14.5. The third-order valence-corrected chi connectivity index (χ3v) is 11.2. The lowest BCUT2D eigenvalue weighted by Gasteiger charge is -2.28. The van der Waals surface area contributed by atoms with Crippen LogP contribution >= 0.6 is 0 Å². The van der Waals surface area contributed by atoms with Crippen LogP contribution in [0.25, 0.3) is 60.7 Å². The van der Waals surface area contributed by atoms with Crippen LogP contribution in [-0.2, 0) is 0 Å². The minimum Gasteiger partial charge on any atom is -0.381 e. The van der Waals surface area contributed by atoms with E-state index in [4.69, 9.17) is 4.99 Å². The zero-order valence-electron chi connectivity index (χ0n) is 30.5. The number of rotatable bonds is 6. The average Bonchev–Trinajstić information content (AvgIpc) is 3.80. The molecule has 0 radical (unpaired) electrons. The van der Waals surface area contributed by atoms with Gasteiger partial charge in [-0.05, 0) is 71.9 Å². The van der Waals surface area contributed by atoms with E-state index in [0.29, 0.717) is 0 Å². The van der Waals surface area contributed by atoms with E-state index < -0.39 is 0 Å². The van der Waals surface area contributed by atoms with Crippen LogP contribution < -0.4 is 10.6 Å². The summed E-state index contributed by atoms with van der Waals surface area (Å²) < 4.78 is 4.83. The quantitative estimate of drug-likeness (QED) is 0.180. The monoisotopic (exact) mass is 719 g/mol. The molecule has 5 nitrogen and oxygen atoms in total. The van der Waals surface area contributed by atoms with Crippen molar-refractivity contribution in [2.45, 2.75) is 12.2 Å². The molecule has 2 aromatic heterocycles. The first kappa shape index (κ1) is 32.1. The molecule has 0 fully saturated rings. The molecule has 2 aliphatic heterocycles. The molecule has 2 unspecified atom stereocenters. The van der Waals surface area contributed by atoms with Gasteiger partial charge in [-0.3, -0.25) is 4.99 Å². The molecule has 7 aromatic carbocycles. The largest absolute Gasteiger partial charge is 0.381 e. The van der Waals surface area contributed by atoms with E-state index >= 15 is 0 Å². The molecule has 2 N–H and O–H groups in total. The normalized spacial score (nSPS) is 16.6. The maximum atomic E-state index is 5.50. The lowest BCUT2D eigenvalue weighted by atomic mass is 9.94. The summed E-state index contributed by atoms with van der Waals surface area (Å²) in [5.74, 6) is 0. The zero-order chi connectivity index (χ0) is 37.0. The van der Waals surface area contributed by atoms with Crippen molar-refractivity contribution in [1.29, 1.82) is 0 Å². The minimum atomic E-state index is -0.289. The van der Waals surface area contributed by atoms with Gasteiger partial charge in [-0.1, -0.05) is 140 Å². The molecule has 0 saturated heterocycles. The van der Waals surface area contributed by atoms with E-state index in [1.54, 1.807) is 0 Å². The molecule has 0 bridgehead atoms. The Balaban J connectivity index is 1.19. The van der Waals surface area contributed by atoms with Gasteiger partial charge in [0, 0.05) is 49.7 Å². The van der Waals surface area contributed by atoms with E-state index in [-0.39, 0.29) is 12.2 Å². The standard InChI is InChI=1S/C51H37N5/c1-2-16-34(17-3-1)51-53-45(33-46(54-51)39-19-5-4-18-38(39)44-24-14-15-29-52-44)35-30-36(55-47-25-10-6-20-40(47)41-21-7-11-26-48(41)55)32-37(31-35)56-49-27-12-8-22-42(49)43-23-9-13-28-50(43)56/h1-33,44,51-52,54H. The summed E-state index contributed by atoms with van der Waals surface area (Å²) in [4.78, 5) is 5.50. The van der Waals surface area contributed by atoms with Crippen molar-refractivity contribution in [3.8, 4) is 11.4 Å². The van der Waals surface area contributed by atoms with Crippen molar-refractivity contribution in [2.75, 3.05) is 0 Å². The van der Waals surface area contributed by atoms with E-state index in [0.717, 1.165) is 39.5 Å². The van der Waals surface area contributed by atoms with Crippen molar-refractivity contribution >= 4 is 55.0 Å². The number of allylic oxidation sites excluding steroid dienone is 3. The maximum Gasteiger partial charge on any atom is 0.145 e. The first-order valence-corrected chi connectivity index (χ1v) is 19.2. The Hall–Kier alpha value is -7.37. The van der Waals surface area contributed by atoms with Crippen LogP contribution in [0.3, 0.4) is 0 Å². The number of para-hydroxylation sites is 4. The first-order valence-electron chi connectivity index (χ1n) is 19.2. The molecule has 0 saturated carbocycles. The molecular formula is C51H37N5. The second kappa shape index (κ2) is 13.2. The SMILES string of the molecule is C1=CNC(c2ccccc2C2=CC(c3cc(-n4c5ccccc5c5ccccc54)cc(-n4c5ccccc5c5ccccc54)c3)=NC(c3ccccc3)N2)C=C1. The van der Waals surface area contributed by atoms with Crippen molar-refractivity contribution in [2.24, 2.45) is 4.99 Å². The number of hydrogen-bond donors (Lipinski definition) is 2. The van der Waals surface area contributed by atoms with Gasteiger partial charge in [0.15, 0.2) is 0 Å². The maximum absolute atomic E-state index is 5.50. The van der Waals surface area contributed by atoms with Gasteiger partial charge in [0.25, 0.3) is 0 Å². The van der Waals surface area contributed by atoms with E-state index in [1.165, 1.54) is 49.2 Å². The number of nitrogens with zero attached hydrogens (tertiary/aromatic N) is 3. The summed E-state index contributed by atoms with van der Waals surface area (Å²) in [5.41, 5.74) is 13.3. The Labute approximate surface area is 324 Å². The van der Waals surface area contributed by atoms with Crippen molar-refractivity contribution in [1.82, 2.24) is 19.8 Å². The molecule has 4 heterocycles. The summed E-state index contributed by atoms with van der Waals surface area (Å²) in [7, 11) is 0. The van der Waals surface area contributed by atoms with Crippen molar-refractivity contribution in [3.63, 3.8) is 0 Å². The van der Waals surface area contributed by atoms with Crippen LogP contribution in [0.1, 0.15) is 34.5 Å². The topological polar surface area (TPSA) is 46.3 Å². The molecule has 0 aliphatic carbocycles. The Kier molecular flexibility index (Phi) is 7.56. The number of nitrogens with one attached hydrogen (secondary N) is 2. The van der Waals surface area contributed by atoms with Crippen molar-refractivity contribution in [3.05, 3.63) is 223 Å². The van der Waals surface area contributed by atoms with E-state index in [1.807, 2.05) is 12.3 Å². The number of dihydropyridines is 1. The molecule has 2 atom stereocenters. The minimum absolute atomic E-state index is 0.0527. The molecule has 56 heavy (non-hydrogen) atoms. The second-order valence-corrected chi connectivity index (χ2v) is 14.5. The number of fused-ring (bicyclic) bond motifs is 6. The van der Waals surface area contributed by atoms with Crippen molar-refractivity contribution < 1.29 is 0 Å². The van der Waals surface area contributed by atoms with Crippen LogP contribution in [0, 0.1) is 0 Å². The van der Waals surface area contributed by atoms with Crippen LogP contribution in [0.5, 0.6) is 0 Å². The number of hydrogen-bond acceptors (Lipinski definition) is 3. The Bertz CT molecular complexity index is 2860. The highest BCUT2D eigenvalue weighted by Crippen LogP contribution is 2.38. The fourth-order valence-corrected chi connectivity index (χ4v) is 8.70.